The second kappa shape index (κ2) is 8.13. The van der Waals surface area contributed by atoms with Gasteiger partial charge in [0.2, 0.25) is 0 Å². The number of benzene rings is 3. The van der Waals surface area contributed by atoms with Crippen LogP contribution in [0.25, 0.3) is 10.2 Å². The highest BCUT2D eigenvalue weighted by atomic mass is 32.2. The average Bonchev–Trinajstić information content (AvgIpc) is 3.14. The summed E-state index contributed by atoms with van der Waals surface area (Å²) in [6, 6.07) is 16.9. The van der Waals surface area contributed by atoms with Crippen molar-refractivity contribution in [1.29, 1.82) is 0 Å². The summed E-state index contributed by atoms with van der Waals surface area (Å²) < 4.78 is 28.6. The topological polar surface area (TPSA) is 88.2 Å². The molecule has 0 saturated carbocycles. The lowest BCUT2D eigenvalue weighted by molar-refractivity contribution is 0.102. The van der Waals surface area contributed by atoms with E-state index in [1.165, 1.54) is 11.3 Å². The fourth-order valence-corrected chi connectivity index (χ4v) is 5.05. The maximum Gasteiger partial charge on any atom is 0.261 e. The number of aryl methyl sites for hydroxylation is 3. The minimum absolute atomic E-state index is 0.182. The van der Waals surface area contributed by atoms with Crippen LogP contribution in [0.2, 0.25) is 0 Å². The van der Waals surface area contributed by atoms with Gasteiger partial charge in [0.15, 0.2) is 5.13 Å². The Morgan fingerprint density at radius 3 is 2.26 bits per heavy atom. The molecule has 0 aliphatic heterocycles. The lowest BCUT2D eigenvalue weighted by Gasteiger charge is -2.09. The van der Waals surface area contributed by atoms with Crippen LogP contribution in [0.3, 0.4) is 0 Å². The Balaban J connectivity index is 1.48. The number of rotatable bonds is 5. The molecule has 1 amide bonds. The van der Waals surface area contributed by atoms with Crippen molar-refractivity contribution in [2.24, 2.45) is 0 Å². The van der Waals surface area contributed by atoms with Crippen LogP contribution in [0, 0.1) is 20.8 Å². The summed E-state index contributed by atoms with van der Waals surface area (Å²) in [5, 5.41) is 3.35. The molecule has 0 spiro atoms. The summed E-state index contributed by atoms with van der Waals surface area (Å²) >= 11 is 1.42. The molecule has 6 nitrogen and oxygen atoms in total. The van der Waals surface area contributed by atoms with Gasteiger partial charge in [-0.25, -0.2) is 13.4 Å². The molecule has 0 aliphatic rings. The number of fused-ring (bicyclic) bond motifs is 1. The number of aromatic nitrogens is 1. The first-order valence-electron chi connectivity index (χ1n) is 9.60. The zero-order chi connectivity index (χ0) is 22.2. The maximum absolute atomic E-state index is 12.6. The van der Waals surface area contributed by atoms with Gasteiger partial charge in [-0.05, 0) is 74.4 Å². The molecule has 0 fully saturated rings. The van der Waals surface area contributed by atoms with Crippen LogP contribution in [-0.4, -0.2) is 19.3 Å². The van der Waals surface area contributed by atoms with Crippen LogP contribution in [-0.2, 0) is 10.0 Å². The van der Waals surface area contributed by atoms with E-state index in [1.54, 1.807) is 48.5 Å². The highest BCUT2D eigenvalue weighted by molar-refractivity contribution is 7.92. The van der Waals surface area contributed by atoms with Crippen molar-refractivity contribution in [1.82, 2.24) is 4.98 Å². The molecule has 158 valence electrons. The molecule has 31 heavy (non-hydrogen) atoms. The van der Waals surface area contributed by atoms with Gasteiger partial charge in [0.05, 0.1) is 15.1 Å². The van der Waals surface area contributed by atoms with Crippen molar-refractivity contribution >= 4 is 48.3 Å². The van der Waals surface area contributed by atoms with Gasteiger partial charge in [-0.15, -0.1) is 0 Å². The van der Waals surface area contributed by atoms with Crippen molar-refractivity contribution in [3.8, 4) is 0 Å². The molecule has 0 atom stereocenters. The Kier molecular flexibility index (Phi) is 5.51. The van der Waals surface area contributed by atoms with Crippen LogP contribution in [0.15, 0.2) is 65.6 Å². The predicted octanol–water partition coefficient (Wildman–Crippen LogP) is 5.27. The third kappa shape index (κ3) is 4.45. The minimum Gasteiger partial charge on any atom is -0.298 e. The quantitative estimate of drug-likeness (QED) is 0.432. The van der Waals surface area contributed by atoms with Crippen molar-refractivity contribution in [3.05, 3.63) is 82.9 Å². The van der Waals surface area contributed by atoms with E-state index in [2.05, 4.69) is 15.0 Å². The average molecular weight is 452 g/mol. The van der Waals surface area contributed by atoms with Gasteiger partial charge in [0.25, 0.3) is 15.9 Å². The number of nitrogens with zero attached hydrogens (tertiary/aromatic N) is 1. The largest absolute Gasteiger partial charge is 0.298 e. The Bertz CT molecular complexity index is 1370. The first-order chi connectivity index (χ1) is 14.7. The molecule has 0 radical (unpaired) electrons. The molecule has 0 saturated heterocycles. The fourth-order valence-electron chi connectivity index (χ4n) is 3.07. The van der Waals surface area contributed by atoms with E-state index in [1.807, 2.05) is 32.9 Å². The summed E-state index contributed by atoms with van der Waals surface area (Å²) in [5.41, 5.74) is 4.90. The molecule has 1 aromatic heterocycles. The molecule has 0 aliphatic carbocycles. The number of hydrogen-bond donors (Lipinski definition) is 2. The van der Waals surface area contributed by atoms with Crippen LogP contribution < -0.4 is 10.0 Å². The highest BCUT2D eigenvalue weighted by Crippen LogP contribution is 2.30. The van der Waals surface area contributed by atoms with Gasteiger partial charge in [-0.3, -0.25) is 14.8 Å². The molecule has 4 aromatic rings. The van der Waals surface area contributed by atoms with E-state index in [4.69, 9.17) is 0 Å². The Hall–Kier alpha value is -3.23. The van der Waals surface area contributed by atoms with Gasteiger partial charge >= 0.3 is 0 Å². The summed E-state index contributed by atoms with van der Waals surface area (Å²) in [7, 11) is -3.69. The van der Waals surface area contributed by atoms with E-state index in [9.17, 15) is 13.2 Å². The number of hydrogen-bond acceptors (Lipinski definition) is 5. The molecular weight excluding hydrogens is 430 g/mol. The highest BCUT2D eigenvalue weighted by Gasteiger charge is 2.15. The molecule has 3 aromatic carbocycles. The van der Waals surface area contributed by atoms with Gasteiger partial charge in [-0.1, -0.05) is 35.1 Å². The lowest BCUT2D eigenvalue weighted by Crippen LogP contribution is -2.14. The predicted molar refractivity (Wildman–Crippen MR) is 125 cm³/mol. The zero-order valence-corrected chi connectivity index (χ0v) is 18.9. The first-order valence-corrected chi connectivity index (χ1v) is 11.9. The summed E-state index contributed by atoms with van der Waals surface area (Å²) in [6.07, 6.45) is 0. The molecule has 0 bridgehead atoms. The van der Waals surface area contributed by atoms with E-state index in [-0.39, 0.29) is 10.8 Å². The molecule has 4 rings (SSSR count). The van der Waals surface area contributed by atoms with Crippen molar-refractivity contribution in [2.45, 2.75) is 25.7 Å². The van der Waals surface area contributed by atoms with Gasteiger partial charge in [-0.2, -0.15) is 0 Å². The van der Waals surface area contributed by atoms with Crippen molar-refractivity contribution < 1.29 is 13.2 Å². The van der Waals surface area contributed by atoms with E-state index >= 15 is 0 Å². The first kappa shape index (κ1) is 21.0. The SMILES string of the molecule is Cc1ccc(S(=O)(=O)Nc2ccc(C(=O)Nc3nc4c(C)c(C)ccc4s3)cc2)cc1. The van der Waals surface area contributed by atoms with Gasteiger partial charge in [0, 0.05) is 11.3 Å². The number of anilines is 2. The second-order valence-corrected chi connectivity index (χ2v) is 10.0. The van der Waals surface area contributed by atoms with Gasteiger partial charge < -0.3 is 0 Å². The van der Waals surface area contributed by atoms with Crippen LogP contribution >= 0.6 is 11.3 Å². The summed E-state index contributed by atoms with van der Waals surface area (Å²) in [4.78, 5) is 17.3. The Labute approximate surface area is 185 Å². The molecule has 1 heterocycles. The number of nitrogens with one attached hydrogen (secondary N) is 2. The normalized spacial score (nSPS) is 11.5. The molecule has 8 heteroatoms. The van der Waals surface area contributed by atoms with Crippen molar-refractivity contribution in [2.75, 3.05) is 10.0 Å². The lowest BCUT2D eigenvalue weighted by atomic mass is 10.1. The fraction of sp³-hybridized carbons (Fsp3) is 0.130. The number of sulfonamides is 1. The third-order valence-electron chi connectivity index (χ3n) is 5.04. The third-order valence-corrected chi connectivity index (χ3v) is 7.37. The molecule has 0 unspecified atom stereocenters. The minimum atomic E-state index is -3.69. The monoisotopic (exact) mass is 451 g/mol. The number of thiazole rings is 1. The second-order valence-electron chi connectivity index (χ2n) is 7.32. The zero-order valence-electron chi connectivity index (χ0n) is 17.3. The summed E-state index contributed by atoms with van der Waals surface area (Å²) in [6.45, 7) is 5.94. The van der Waals surface area contributed by atoms with Crippen LogP contribution in [0.4, 0.5) is 10.8 Å². The molecule has 2 N–H and O–H groups in total. The number of carbonyl (C=O) groups is 1. The van der Waals surface area contributed by atoms with Crippen LogP contribution in [0.5, 0.6) is 0 Å². The van der Waals surface area contributed by atoms with Crippen LogP contribution in [0.1, 0.15) is 27.0 Å². The molecular formula is C23H21N3O3S2. The number of amides is 1. The summed E-state index contributed by atoms with van der Waals surface area (Å²) in [5.74, 6) is -0.304. The van der Waals surface area contributed by atoms with E-state index in [0.29, 0.717) is 16.4 Å². The van der Waals surface area contributed by atoms with E-state index < -0.39 is 10.0 Å². The number of carbonyl (C=O) groups excluding carboxylic acids is 1. The van der Waals surface area contributed by atoms with Crippen molar-refractivity contribution in [3.63, 3.8) is 0 Å². The maximum atomic E-state index is 12.6. The standard InChI is InChI=1S/C23H21N3O3S2/c1-14-4-11-19(12-5-14)31(28,29)26-18-9-7-17(8-10-18)22(27)25-23-24-21-16(3)15(2)6-13-20(21)30-23/h4-13,26H,1-3H3,(H,24,25,27). The Morgan fingerprint density at radius 1 is 0.903 bits per heavy atom. The van der Waals surface area contributed by atoms with E-state index in [0.717, 1.165) is 26.9 Å². The van der Waals surface area contributed by atoms with Gasteiger partial charge in [0.1, 0.15) is 0 Å². The smallest absolute Gasteiger partial charge is 0.261 e. The Morgan fingerprint density at radius 2 is 1.58 bits per heavy atom.